The first kappa shape index (κ1) is 14.9. The Balaban J connectivity index is 2.37. The smallest absolute Gasteiger partial charge is 0.237 e. The Bertz CT molecular complexity index is 481. The summed E-state index contributed by atoms with van der Waals surface area (Å²) in [5.41, 5.74) is 11.9. The van der Waals surface area contributed by atoms with Crippen LogP contribution in [0.2, 0.25) is 0 Å². The standard InChI is InChI=1S/C14H20FN3O2/c1-9(16)13(10-4-2-3-5-11(10)15)18-6-7-20-8-12(18)14(17)19/h2-5,9,12-13H,6-8,16H2,1H3,(H2,17,19). The van der Waals surface area contributed by atoms with E-state index in [1.807, 2.05) is 4.90 Å². The highest BCUT2D eigenvalue weighted by atomic mass is 19.1. The van der Waals surface area contributed by atoms with Gasteiger partial charge in [0.25, 0.3) is 0 Å². The number of ether oxygens (including phenoxy) is 1. The molecule has 20 heavy (non-hydrogen) atoms. The Labute approximate surface area is 117 Å². The Morgan fingerprint density at radius 2 is 2.20 bits per heavy atom. The van der Waals surface area contributed by atoms with E-state index in [1.54, 1.807) is 25.1 Å². The molecule has 1 fully saturated rings. The van der Waals surface area contributed by atoms with Crippen molar-refractivity contribution in [1.82, 2.24) is 4.90 Å². The molecule has 0 radical (unpaired) electrons. The minimum atomic E-state index is -0.584. The molecule has 0 aromatic heterocycles. The fourth-order valence-corrected chi connectivity index (χ4v) is 2.67. The molecule has 110 valence electrons. The summed E-state index contributed by atoms with van der Waals surface area (Å²) >= 11 is 0. The van der Waals surface area contributed by atoms with Gasteiger partial charge in [-0.1, -0.05) is 18.2 Å². The highest BCUT2D eigenvalue weighted by Crippen LogP contribution is 2.29. The molecule has 6 heteroatoms. The molecule has 4 N–H and O–H groups in total. The highest BCUT2D eigenvalue weighted by molar-refractivity contribution is 5.80. The molecule has 1 saturated heterocycles. The lowest BCUT2D eigenvalue weighted by Crippen LogP contribution is -2.56. The monoisotopic (exact) mass is 281 g/mol. The zero-order valence-electron chi connectivity index (χ0n) is 11.5. The van der Waals surface area contributed by atoms with Crippen molar-refractivity contribution in [3.63, 3.8) is 0 Å². The third-order valence-electron chi connectivity index (χ3n) is 3.58. The lowest BCUT2D eigenvalue weighted by Gasteiger charge is -2.41. The van der Waals surface area contributed by atoms with Crippen LogP contribution in [0, 0.1) is 5.82 Å². The maximum Gasteiger partial charge on any atom is 0.237 e. The summed E-state index contributed by atoms with van der Waals surface area (Å²) in [6.07, 6.45) is 0. The van der Waals surface area contributed by atoms with Crippen molar-refractivity contribution in [2.45, 2.75) is 25.0 Å². The van der Waals surface area contributed by atoms with Crippen LogP contribution in [0.3, 0.4) is 0 Å². The first-order valence-electron chi connectivity index (χ1n) is 6.65. The highest BCUT2D eigenvalue weighted by Gasteiger charge is 2.36. The maximum absolute atomic E-state index is 14.1. The van der Waals surface area contributed by atoms with E-state index in [9.17, 15) is 9.18 Å². The van der Waals surface area contributed by atoms with Gasteiger partial charge in [0.15, 0.2) is 0 Å². The van der Waals surface area contributed by atoms with E-state index in [4.69, 9.17) is 16.2 Å². The van der Waals surface area contributed by atoms with Crippen LogP contribution in [0.15, 0.2) is 24.3 Å². The predicted molar refractivity (Wildman–Crippen MR) is 73.3 cm³/mol. The van der Waals surface area contributed by atoms with Crippen LogP contribution in [0.4, 0.5) is 4.39 Å². The summed E-state index contributed by atoms with van der Waals surface area (Å²) in [6.45, 7) is 2.98. The van der Waals surface area contributed by atoms with Crippen LogP contribution in [-0.2, 0) is 9.53 Å². The fraction of sp³-hybridized carbons (Fsp3) is 0.500. The number of nitrogens with zero attached hydrogens (tertiary/aromatic N) is 1. The fourth-order valence-electron chi connectivity index (χ4n) is 2.67. The first-order valence-corrected chi connectivity index (χ1v) is 6.65. The normalized spacial score (nSPS) is 23.2. The topological polar surface area (TPSA) is 81.6 Å². The number of primary amides is 1. The third-order valence-corrected chi connectivity index (χ3v) is 3.58. The molecule has 3 atom stereocenters. The zero-order chi connectivity index (χ0) is 14.7. The molecular weight excluding hydrogens is 261 g/mol. The van der Waals surface area contributed by atoms with Crippen molar-refractivity contribution in [1.29, 1.82) is 0 Å². The molecule has 1 amide bonds. The summed E-state index contributed by atoms with van der Waals surface area (Å²) in [5, 5.41) is 0. The van der Waals surface area contributed by atoms with Crippen LogP contribution < -0.4 is 11.5 Å². The molecule has 1 aliphatic heterocycles. The van der Waals surface area contributed by atoms with Crippen molar-refractivity contribution >= 4 is 5.91 Å². The Kier molecular flexibility index (Phi) is 4.69. The molecule has 1 aromatic carbocycles. The van der Waals surface area contributed by atoms with Crippen molar-refractivity contribution in [2.75, 3.05) is 19.8 Å². The van der Waals surface area contributed by atoms with Gasteiger partial charge in [-0.25, -0.2) is 4.39 Å². The van der Waals surface area contributed by atoms with E-state index in [0.29, 0.717) is 18.7 Å². The van der Waals surface area contributed by atoms with Crippen LogP contribution in [0.5, 0.6) is 0 Å². The Morgan fingerprint density at radius 3 is 2.80 bits per heavy atom. The average Bonchev–Trinajstić information content (AvgIpc) is 2.41. The van der Waals surface area contributed by atoms with E-state index < -0.39 is 18.0 Å². The van der Waals surface area contributed by atoms with Gasteiger partial charge in [-0.3, -0.25) is 9.69 Å². The second-order valence-electron chi connectivity index (χ2n) is 5.06. The van der Waals surface area contributed by atoms with Crippen molar-refractivity contribution in [2.24, 2.45) is 11.5 Å². The number of carbonyl (C=O) groups is 1. The van der Waals surface area contributed by atoms with E-state index in [1.165, 1.54) is 6.07 Å². The number of amides is 1. The minimum Gasteiger partial charge on any atom is -0.378 e. The summed E-state index contributed by atoms with van der Waals surface area (Å²) < 4.78 is 19.3. The molecule has 1 aromatic rings. The summed E-state index contributed by atoms with van der Waals surface area (Å²) in [7, 11) is 0. The first-order chi connectivity index (χ1) is 9.52. The molecule has 5 nitrogen and oxygen atoms in total. The predicted octanol–water partition coefficient (Wildman–Crippen LogP) is 0.400. The number of hydrogen-bond acceptors (Lipinski definition) is 4. The molecule has 3 unspecified atom stereocenters. The van der Waals surface area contributed by atoms with Gasteiger partial charge in [-0.2, -0.15) is 0 Å². The number of benzene rings is 1. The molecule has 0 saturated carbocycles. The molecule has 1 heterocycles. The number of morpholine rings is 1. The van der Waals surface area contributed by atoms with Gasteiger partial charge in [0.2, 0.25) is 5.91 Å². The molecule has 2 rings (SSSR count). The van der Waals surface area contributed by atoms with Crippen molar-refractivity contribution < 1.29 is 13.9 Å². The maximum atomic E-state index is 14.1. The number of carbonyl (C=O) groups excluding carboxylic acids is 1. The molecule has 0 bridgehead atoms. The molecule has 1 aliphatic rings. The number of rotatable bonds is 4. The van der Waals surface area contributed by atoms with Gasteiger partial charge >= 0.3 is 0 Å². The average molecular weight is 281 g/mol. The molecule has 0 spiro atoms. The van der Waals surface area contributed by atoms with E-state index in [0.717, 1.165) is 0 Å². The lowest BCUT2D eigenvalue weighted by molar-refractivity contribution is -0.131. The molecule has 0 aliphatic carbocycles. The summed E-state index contributed by atoms with van der Waals surface area (Å²) in [4.78, 5) is 13.4. The van der Waals surface area contributed by atoms with Gasteiger partial charge in [0.1, 0.15) is 11.9 Å². The zero-order valence-corrected chi connectivity index (χ0v) is 11.5. The van der Waals surface area contributed by atoms with Gasteiger partial charge in [-0.15, -0.1) is 0 Å². The summed E-state index contributed by atoms with van der Waals surface area (Å²) in [5.74, 6) is -0.809. The summed E-state index contributed by atoms with van der Waals surface area (Å²) in [6, 6.07) is 5.14. The second kappa shape index (κ2) is 6.30. The van der Waals surface area contributed by atoms with E-state index in [-0.39, 0.29) is 18.5 Å². The Morgan fingerprint density at radius 1 is 1.50 bits per heavy atom. The molecular formula is C14H20FN3O2. The number of halogens is 1. The minimum absolute atomic E-state index is 0.215. The van der Waals surface area contributed by atoms with Crippen LogP contribution in [-0.4, -0.2) is 42.6 Å². The quantitative estimate of drug-likeness (QED) is 0.837. The van der Waals surface area contributed by atoms with Crippen LogP contribution >= 0.6 is 0 Å². The van der Waals surface area contributed by atoms with Crippen LogP contribution in [0.1, 0.15) is 18.5 Å². The lowest BCUT2D eigenvalue weighted by atomic mass is 9.96. The van der Waals surface area contributed by atoms with E-state index >= 15 is 0 Å². The largest absolute Gasteiger partial charge is 0.378 e. The number of nitrogens with two attached hydrogens (primary N) is 2. The Hall–Kier alpha value is -1.50. The van der Waals surface area contributed by atoms with Gasteiger partial charge in [0.05, 0.1) is 19.3 Å². The van der Waals surface area contributed by atoms with Gasteiger partial charge in [-0.05, 0) is 13.0 Å². The van der Waals surface area contributed by atoms with Crippen molar-refractivity contribution in [3.05, 3.63) is 35.6 Å². The number of hydrogen-bond donors (Lipinski definition) is 2. The van der Waals surface area contributed by atoms with Crippen LogP contribution in [0.25, 0.3) is 0 Å². The van der Waals surface area contributed by atoms with E-state index in [2.05, 4.69) is 0 Å². The SMILES string of the molecule is CC(N)C(c1ccccc1F)N1CCOCC1C(N)=O. The van der Waals surface area contributed by atoms with Crippen molar-refractivity contribution in [3.8, 4) is 0 Å². The second-order valence-corrected chi connectivity index (χ2v) is 5.06. The van der Waals surface area contributed by atoms with Gasteiger partial charge < -0.3 is 16.2 Å². The third kappa shape index (κ3) is 2.98. The van der Waals surface area contributed by atoms with Gasteiger partial charge in [0, 0.05) is 18.2 Å².